The van der Waals surface area contributed by atoms with Gasteiger partial charge in [-0.2, -0.15) is 0 Å². The van der Waals surface area contributed by atoms with Gasteiger partial charge in [-0.05, 0) is 18.6 Å². The fourth-order valence-electron chi connectivity index (χ4n) is 2.25. The highest BCUT2D eigenvalue weighted by atomic mass is 32.1. The Kier molecular flexibility index (Phi) is 3.53. The molecule has 110 valence electrons. The second-order valence-electron chi connectivity index (χ2n) is 4.79. The zero-order chi connectivity index (χ0) is 15.0. The molecule has 3 N–H and O–H groups in total. The van der Waals surface area contributed by atoms with E-state index in [0.717, 1.165) is 15.8 Å². The van der Waals surface area contributed by atoms with E-state index in [1.54, 1.807) is 0 Å². The molecule has 8 nitrogen and oxygen atoms in total. The Morgan fingerprint density at radius 3 is 3.10 bits per heavy atom. The molecule has 1 aromatic heterocycles. The van der Waals surface area contributed by atoms with E-state index in [9.17, 15) is 14.9 Å². The Labute approximate surface area is 123 Å². The first-order chi connectivity index (χ1) is 10.1. The number of hydrogen-bond acceptors (Lipinski definition) is 7. The number of fused-ring (bicyclic) bond motifs is 1. The quantitative estimate of drug-likeness (QED) is 0.568. The molecule has 1 aliphatic heterocycles. The third-order valence-electron chi connectivity index (χ3n) is 3.36. The van der Waals surface area contributed by atoms with E-state index in [2.05, 4.69) is 21.2 Å². The van der Waals surface area contributed by atoms with Crippen LogP contribution >= 0.6 is 11.3 Å². The highest BCUT2D eigenvalue weighted by Crippen LogP contribution is 2.28. The third-order valence-corrected chi connectivity index (χ3v) is 4.29. The van der Waals surface area contributed by atoms with Crippen LogP contribution in [0.3, 0.4) is 0 Å². The fraction of sp³-hybridized carbons (Fsp3) is 0.333. The fourth-order valence-corrected chi connectivity index (χ4v) is 3.19. The summed E-state index contributed by atoms with van der Waals surface area (Å²) in [6, 6.07) is 3.89. The summed E-state index contributed by atoms with van der Waals surface area (Å²) in [6.45, 7) is 2.06. The molecule has 9 heteroatoms. The van der Waals surface area contributed by atoms with Crippen LogP contribution in [0.15, 0.2) is 18.2 Å². The van der Waals surface area contributed by atoms with Crippen LogP contribution in [-0.4, -0.2) is 34.4 Å². The summed E-state index contributed by atoms with van der Waals surface area (Å²) in [5.74, 6) is -0.460. The standard InChI is InChI=1S/C12H13N5O3S/c1-6-3-2-4-8-9(6)14-12(21-8)15-11(18)10-7(17(19)20)5-13-16-10/h2-4,7,10,13,16H,5H2,1H3,(H,14,15,18). The Balaban J connectivity index is 1.80. The first-order valence-corrected chi connectivity index (χ1v) is 7.17. The van der Waals surface area contributed by atoms with E-state index in [1.165, 1.54) is 11.3 Å². The van der Waals surface area contributed by atoms with Gasteiger partial charge in [0.25, 0.3) is 11.9 Å². The maximum Gasteiger partial charge on any atom is 0.252 e. The average Bonchev–Trinajstić information content (AvgIpc) is 3.04. The molecule has 0 bridgehead atoms. The average molecular weight is 307 g/mol. The van der Waals surface area contributed by atoms with Crippen LogP contribution in [0.25, 0.3) is 10.2 Å². The second-order valence-corrected chi connectivity index (χ2v) is 5.82. The van der Waals surface area contributed by atoms with E-state index in [-0.39, 0.29) is 6.54 Å². The number of hydrazine groups is 1. The number of para-hydroxylation sites is 1. The highest BCUT2D eigenvalue weighted by molar-refractivity contribution is 7.22. The molecular formula is C12H13N5O3S. The Bertz CT molecular complexity index is 716. The van der Waals surface area contributed by atoms with E-state index in [1.807, 2.05) is 25.1 Å². The molecule has 0 spiro atoms. The molecular weight excluding hydrogens is 294 g/mol. The van der Waals surface area contributed by atoms with Crippen molar-refractivity contribution in [1.29, 1.82) is 0 Å². The van der Waals surface area contributed by atoms with Crippen molar-refractivity contribution in [1.82, 2.24) is 15.8 Å². The third kappa shape index (κ3) is 2.58. The summed E-state index contributed by atoms with van der Waals surface area (Å²) in [7, 11) is 0. The molecule has 1 amide bonds. The van der Waals surface area contributed by atoms with Gasteiger partial charge in [-0.3, -0.25) is 14.9 Å². The minimum absolute atomic E-state index is 0.115. The van der Waals surface area contributed by atoms with E-state index >= 15 is 0 Å². The first-order valence-electron chi connectivity index (χ1n) is 6.35. The number of nitrogens with zero attached hydrogens (tertiary/aromatic N) is 2. The topological polar surface area (TPSA) is 109 Å². The van der Waals surface area contributed by atoms with E-state index < -0.39 is 22.9 Å². The lowest BCUT2D eigenvalue weighted by Gasteiger charge is -2.10. The zero-order valence-electron chi connectivity index (χ0n) is 11.1. The number of nitro groups is 1. The molecule has 2 heterocycles. The number of rotatable bonds is 3. The van der Waals surface area contributed by atoms with Crippen molar-refractivity contribution in [2.45, 2.75) is 19.0 Å². The number of hydrogen-bond donors (Lipinski definition) is 3. The largest absolute Gasteiger partial charge is 0.300 e. The van der Waals surface area contributed by atoms with Gasteiger partial charge in [0.15, 0.2) is 11.2 Å². The van der Waals surface area contributed by atoms with Crippen LogP contribution in [-0.2, 0) is 4.79 Å². The number of benzene rings is 1. The summed E-state index contributed by atoms with van der Waals surface area (Å²) >= 11 is 1.35. The lowest BCUT2D eigenvalue weighted by molar-refractivity contribution is -0.517. The van der Waals surface area contributed by atoms with Gasteiger partial charge < -0.3 is 5.32 Å². The van der Waals surface area contributed by atoms with Crippen molar-refractivity contribution in [2.75, 3.05) is 11.9 Å². The van der Waals surface area contributed by atoms with E-state index in [4.69, 9.17) is 0 Å². The summed E-state index contributed by atoms with van der Waals surface area (Å²) in [4.78, 5) is 26.9. The minimum atomic E-state index is -0.985. The van der Waals surface area contributed by atoms with Crippen LogP contribution in [0.2, 0.25) is 0 Å². The molecule has 3 rings (SSSR count). The van der Waals surface area contributed by atoms with Crippen LogP contribution < -0.4 is 16.2 Å². The smallest absolute Gasteiger partial charge is 0.252 e. The van der Waals surface area contributed by atoms with Gasteiger partial charge in [0, 0.05) is 4.92 Å². The normalized spacial score (nSPS) is 21.6. The number of thiazole rings is 1. The van der Waals surface area contributed by atoms with Crippen molar-refractivity contribution in [3.63, 3.8) is 0 Å². The molecule has 0 aliphatic carbocycles. The molecule has 21 heavy (non-hydrogen) atoms. The minimum Gasteiger partial charge on any atom is -0.300 e. The van der Waals surface area contributed by atoms with Gasteiger partial charge in [0.05, 0.1) is 16.8 Å². The molecule has 2 atom stereocenters. The number of amides is 1. The monoisotopic (exact) mass is 307 g/mol. The Morgan fingerprint density at radius 2 is 2.38 bits per heavy atom. The van der Waals surface area contributed by atoms with Crippen molar-refractivity contribution in [2.24, 2.45) is 0 Å². The highest BCUT2D eigenvalue weighted by Gasteiger charge is 2.41. The molecule has 2 aromatic rings. The second kappa shape index (κ2) is 5.35. The molecule has 1 aliphatic rings. The van der Waals surface area contributed by atoms with Gasteiger partial charge in [-0.15, -0.1) is 0 Å². The Morgan fingerprint density at radius 1 is 1.57 bits per heavy atom. The molecule has 1 aromatic carbocycles. The zero-order valence-corrected chi connectivity index (χ0v) is 11.9. The SMILES string of the molecule is Cc1cccc2sc(NC(=O)C3NNCC3[N+](=O)[O-])nc12. The van der Waals surface area contributed by atoms with Gasteiger partial charge in [-0.25, -0.2) is 15.8 Å². The molecule has 1 fully saturated rings. The lowest BCUT2D eigenvalue weighted by atomic mass is 10.1. The number of anilines is 1. The van der Waals surface area contributed by atoms with Gasteiger partial charge >= 0.3 is 0 Å². The maximum absolute atomic E-state index is 12.1. The number of aromatic nitrogens is 1. The first kappa shape index (κ1) is 13.9. The Hall–Kier alpha value is -2.10. The molecule has 0 saturated carbocycles. The van der Waals surface area contributed by atoms with Crippen LogP contribution in [0.1, 0.15) is 5.56 Å². The molecule has 2 unspecified atom stereocenters. The lowest BCUT2D eigenvalue weighted by Crippen LogP contribution is -2.46. The maximum atomic E-state index is 12.1. The summed E-state index contributed by atoms with van der Waals surface area (Å²) in [5, 5.41) is 14.0. The number of nitrogens with one attached hydrogen (secondary N) is 3. The molecule has 1 saturated heterocycles. The van der Waals surface area contributed by atoms with Gasteiger partial charge in [0.1, 0.15) is 0 Å². The van der Waals surface area contributed by atoms with Gasteiger partial charge in [-0.1, -0.05) is 23.5 Å². The summed E-state index contributed by atoms with van der Waals surface area (Å²) in [6.07, 6.45) is 0. The van der Waals surface area contributed by atoms with E-state index in [0.29, 0.717) is 5.13 Å². The van der Waals surface area contributed by atoms with Crippen molar-refractivity contribution in [3.8, 4) is 0 Å². The van der Waals surface area contributed by atoms with Crippen molar-refractivity contribution in [3.05, 3.63) is 33.9 Å². The summed E-state index contributed by atoms with van der Waals surface area (Å²) in [5.41, 5.74) is 7.12. The van der Waals surface area contributed by atoms with Crippen LogP contribution in [0.4, 0.5) is 5.13 Å². The van der Waals surface area contributed by atoms with Crippen molar-refractivity contribution >= 4 is 32.6 Å². The van der Waals surface area contributed by atoms with Gasteiger partial charge in [0.2, 0.25) is 0 Å². The van der Waals surface area contributed by atoms with Crippen LogP contribution in [0.5, 0.6) is 0 Å². The van der Waals surface area contributed by atoms with Crippen LogP contribution in [0, 0.1) is 17.0 Å². The number of carbonyl (C=O) groups is 1. The number of aryl methyl sites for hydroxylation is 1. The number of carbonyl (C=O) groups excluding carboxylic acids is 1. The molecule has 0 radical (unpaired) electrons. The predicted molar refractivity (Wildman–Crippen MR) is 78.7 cm³/mol. The summed E-state index contributed by atoms with van der Waals surface area (Å²) < 4.78 is 0.966. The predicted octanol–water partition coefficient (Wildman–Crippen LogP) is 0.665. The van der Waals surface area contributed by atoms with Crippen molar-refractivity contribution < 1.29 is 9.72 Å².